The Morgan fingerprint density at radius 2 is 1.81 bits per heavy atom. The number of amides is 2. The molecule has 3 rings (SSSR count). The van der Waals surface area contributed by atoms with Crippen LogP contribution < -0.4 is 24.4 Å². The molecule has 2 aromatic rings. The molecule has 9 nitrogen and oxygen atoms in total. The largest absolute Gasteiger partial charge is 0.497 e. The molecule has 1 aliphatic heterocycles. The van der Waals surface area contributed by atoms with Gasteiger partial charge in [0.05, 0.1) is 32.9 Å². The lowest BCUT2D eigenvalue weighted by Crippen LogP contribution is -2.41. The van der Waals surface area contributed by atoms with Gasteiger partial charge in [-0.15, -0.1) is 0 Å². The van der Waals surface area contributed by atoms with Gasteiger partial charge >= 0.3 is 5.97 Å². The number of nitrogens with one attached hydrogen (secondary N) is 1. The molecule has 9 heteroatoms. The lowest BCUT2D eigenvalue weighted by molar-refractivity contribution is -0.141. The van der Waals surface area contributed by atoms with Crippen LogP contribution in [0.25, 0.3) is 0 Å². The van der Waals surface area contributed by atoms with Crippen molar-refractivity contribution >= 4 is 29.2 Å². The van der Waals surface area contributed by atoms with Crippen LogP contribution in [0.1, 0.15) is 12.8 Å². The van der Waals surface area contributed by atoms with E-state index < -0.39 is 5.97 Å². The van der Waals surface area contributed by atoms with Crippen LogP contribution in [0.15, 0.2) is 42.5 Å². The Balaban J connectivity index is 1.63. The van der Waals surface area contributed by atoms with Crippen molar-refractivity contribution in [3.8, 4) is 17.2 Å². The first kappa shape index (κ1) is 21.9. The molecule has 1 heterocycles. The number of methoxy groups -OCH3 is 2. The van der Waals surface area contributed by atoms with Crippen molar-refractivity contribution in [3.05, 3.63) is 42.5 Å². The lowest BCUT2D eigenvalue weighted by Gasteiger charge is -2.29. The molecule has 0 unspecified atom stereocenters. The molecule has 0 spiro atoms. The van der Waals surface area contributed by atoms with Crippen LogP contribution in [0.2, 0.25) is 0 Å². The molecule has 31 heavy (non-hydrogen) atoms. The van der Waals surface area contributed by atoms with Gasteiger partial charge < -0.3 is 29.2 Å². The fraction of sp³-hybridized carbons (Fsp3) is 0.318. The molecule has 0 radical (unpaired) electrons. The maximum atomic E-state index is 12.4. The minimum absolute atomic E-state index is 0.00138. The molecule has 0 saturated heterocycles. The summed E-state index contributed by atoms with van der Waals surface area (Å²) in [5, 5.41) is 2.72. The quantitative estimate of drug-likeness (QED) is 0.612. The number of nitrogens with zero attached hydrogens (tertiary/aromatic N) is 1. The SMILES string of the molecule is COC(=O)CCC(=O)Nc1ccc2c(c1)N(CCOc1ccc(OC)cc1)C(=O)CO2. The molecule has 0 fully saturated rings. The number of anilines is 2. The lowest BCUT2D eigenvalue weighted by atomic mass is 10.2. The van der Waals surface area contributed by atoms with E-state index in [0.717, 1.165) is 5.75 Å². The highest BCUT2D eigenvalue weighted by molar-refractivity contribution is 5.99. The predicted octanol–water partition coefficient (Wildman–Crippen LogP) is 2.39. The highest BCUT2D eigenvalue weighted by atomic mass is 16.5. The maximum Gasteiger partial charge on any atom is 0.306 e. The van der Waals surface area contributed by atoms with E-state index in [2.05, 4.69) is 10.1 Å². The number of carbonyl (C=O) groups is 3. The minimum Gasteiger partial charge on any atom is -0.497 e. The molecule has 0 aliphatic carbocycles. The van der Waals surface area contributed by atoms with E-state index in [0.29, 0.717) is 29.4 Å². The molecule has 0 saturated carbocycles. The molecule has 1 aliphatic rings. The summed E-state index contributed by atoms with van der Waals surface area (Å²) < 4.78 is 20.9. The van der Waals surface area contributed by atoms with E-state index in [4.69, 9.17) is 14.2 Å². The van der Waals surface area contributed by atoms with Crippen LogP contribution in [-0.2, 0) is 19.1 Å². The van der Waals surface area contributed by atoms with Crippen molar-refractivity contribution in [1.82, 2.24) is 0 Å². The Hall–Kier alpha value is -3.75. The second-order valence-corrected chi connectivity index (χ2v) is 6.66. The van der Waals surface area contributed by atoms with Crippen molar-refractivity contribution in [2.24, 2.45) is 0 Å². The molecule has 0 atom stereocenters. The van der Waals surface area contributed by atoms with Crippen molar-refractivity contribution in [3.63, 3.8) is 0 Å². The smallest absolute Gasteiger partial charge is 0.306 e. The van der Waals surface area contributed by atoms with Gasteiger partial charge in [-0.2, -0.15) is 0 Å². The van der Waals surface area contributed by atoms with E-state index in [1.807, 2.05) is 0 Å². The molecule has 1 N–H and O–H groups in total. The molecule has 164 valence electrons. The van der Waals surface area contributed by atoms with Crippen molar-refractivity contribution in [1.29, 1.82) is 0 Å². The minimum atomic E-state index is -0.456. The normalized spacial score (nSPS) is 12.5. The molecule has 2 aromatic carbocycles. The van der Waals surface area contributed by atoms with Gasteiger partial charge in [-0.05, 0) is 42.5 Å². The first-order chi connectivity index (χ1) is 15.0. The van der Waals surface area contributed by atoms with Gasteiger partial charge in [-0.25, -0.2) is 0 Å². The fourth-order valence-electron chi connectivity index (χ4n) is 2.99. The van der Waals surface area contributed by atoms with Gasteiger partial charge in [-0.1, -0.05) is 0 Å². The average molecular weight is 428 g/mol. The molecular formula is C22H24N2O7. The van der Waals surface area contributed by atoms with E-state index in [1.54, 1.807) is 54.5 Å². The summed E-state index contributed by atoms with van der Waals surface area (Å²) >= 11 is 0. The monoisotopic (exact) mass is 428 g/mol. The van der Waals surface area contributed by atoms with E-state index in [-0.39, 0.29) is 37.9 Å². The average Bonchev–Trinajstić information content (AvgIpc) is 2.79. The number of carbonyl (C=O) groups excluding carboxylic acids is 3. The van der Waals surface area contributed by atoms with E-state index in [1.165, 1.54) is 7.11 Å². The Morgan fingerprint density at radius 3 is 2.52 bits per heavy atom. The van der Waals surface area contributed by atoms with Crippen molar-refractivity contribution in [2.45, 2.75) is 12.8 Å². The second-order valence-electron chi connectivity index (χ2n) is 6.66. The van der Waals surface area contributed by atoms with Crippen LogP contribution in [0.5, 0.6) is 17.2 Å². The Labute approximate surface area is 179 Å². The van der Waals surface area contributed by atoms with Crippen molar-refractivity contribution in [2.75, 3.05) is 44.2 Å². The first-order valence-corrected chi connectivity index (χ1v) is 9.71. The number of hydrogen-bond acceptors (Lipinski definition) is 7. The van der Waals surface area contributed by atoms with Gasteiger partial charge in [0.15, 0.2) is 6.61 Å². The van der Waals surface area contributed by atoms with E-state index in [9.17, 15) is 14.4 Å². The molecular weight excluding hydrogens is 404 g/mol. The zero-order valence-corrected chi connectivity index (χ0v) is 17.4. The fourth-order valence-corrected chi connectivity index (χ4v) is 2.99. The first-order valence-electron chi connectivity index (χ1n) is 9.71. The molecule has 0 aromatic heterocycles. The zero-order valence-electron chi connectivity index (χ0n) is 17.4. The summed E-state index contributed by atoms with van der Waals surface area (Å²) in [6.45, 7) is 0.508. The number of fused-ring (bicyclic) bond motifs is 1. The van der Waals surface area contributed by atoms with Crippen LogP contribution in [-0.4, -0.2) is 51.8 Å². The van der Waals surface area contributed by atoms with Crippen LogP contribution in [0.4, 0.5) is 11.4 Å². The maximum absolute atomic E-state index is 12.4. The third-order valence-corrected chi connectivity index (χ3v) is 4.61. The van der Waals surface area contributed by atoms with Gasteiger partial charge in [0.2, 0.25) is 5.91 Å². The third kappa shape index (κ3) is 5.88. The van der Waals surface area contributed by atoms with Gasteiger partial charge in [0.25, 0.3) is 5.91 Å². The number of hydrogen-bond donors (Lipinski definition) is 1. The summed E-state index contributed by atoms with van der Waals surface area (Å²) in [5.41, 5.74) is 1.04. The summed E-state index contributed by atoms with van der Waals surface area (Å²) in [6, 6.07) is 12.2. The third-order valence-electron chi connectivity index (χ3n) is 4.61. The second kappa shape index (κ2) is 10.3. The van der Waals surface area contributed by atoms with Gasteiger partial charge in [0, 0.05) is 12.1 Å². The Morgan fingerprint density at radius 1 is 1.06 bits per heavy atom. The van der Waals surface area contributed by atoms with Crippen LogP contribution in [0, 0.1) is 0 Å². The molecule has 0 bridgehead atoms. The predicted molar refractivity (Wildman–Crippen MR) is 113 cm³/mol. The Bertz CT molecular complexity index is 943. The van der Waals surface area contributed by atoms with Crippen molar-refractivity contribution < 1.29 is 33.3 Å². The number of esters is 1. The standard InChI is InChI=1S/C22H24N2O7/c1-28-16-4-6-17(7-5-16)30-12-11-24-18-13-15(3-8-19(18)31-14-21(24)26)23-20(25)9-10-22(27)29-2/h3-8,13H,9-12,14H2,1-2H3,(H,23,25). The topological polar surface area (TPSA) is 103 Å². The number of rotatable bonds is 9. The molecule has 2 amide bonds. The highest BCUT2D eigenvalue weighted by Crippen LogP contribution is 2.34. The zero-order chi connectivity index (χ0) is 22.2. The Kier molecular flexibility index (Phi) is 7.31. The number of benzene rings is 2. The number of ether oxygens (including phenoxy) is 4. The highest BCUT2D eigenvalue weighted by Gasteiger charge is 2.26. The van der Waals surface area contributed by atoms with Gasteiger partial charge in [-0.3, -0.25) is 14.4 Å². The summed E-state index contributed by atoms with van der Waals surface area (Å²) in [5.74, 6) is 0.932. The van der Waals surface area contributed by atoms with Crippen LogP contribution >= 0.6 is 0 Å². The summed E-state index contributed by atoms with van der Waals surface area (Å²) in [7, 11) is 2.86. The van der Waals surface area contributed by atoms with E-state index >= 15 is 0 Å². The van der Waals surface area contributed by atoms with Gasteiger partial charge in [0.1, 0.15) is 23.9 Å². The van der Waals surface area contributed by atoms with Crippen LogP contribution in [0.3, 0.4) is 0 Å². The summed E-state index contributed by atoms with van der Waals surface area (Å²) in [6.07, 6.45) is -0.0116. The summed E-state index contributed by atoms with van der Waals surface area (Å²) in [4.78, 5) is 37.2.